The number of nitrogens with zero attached hydrogens (tertiary/aromatic N) is 1. The van der Waals surface area contributed by atoms with Crippen LogP contribution in [0.3, 0.4) is 0 Å². The van der Waals surface area contributed by atoms with Gasteiger partial charge in [-0.05, 0) is 30.5 Å². The molecular formula is C13H16N4OS. The van der Waals surface area contributed by atoms with Crippen molar-refractivity contribution in [3.8, 4) is 0 Å². The molecular weight excluding hydrogens is 260 g/mol. The Kier molecular flexibility index (Phi) is 4.46. The molecule has 2 rings (SSSR count). The molecule has 5 N–H and O–H groups in total. The molecule has 100 valence electrons. The fraction of sp³-hybridized carbons (Fsp3) is 0.231. The summed E-state index contributed by atoms with van der Waals surface area (Å²) < 4.78 is 0. The molecule has 5 nitrogen and oxygen atoms in total. The lowest BCUT2D eigenvalue weighted by molar-refractivity contribution is 0.912. The van der Waals surface area contributed by atoms with Gasteiger partial charge < -0.3 is 16.5 Å². The zero-order valence-corrected chi connectivity index (χ0v) is 11.2. The van der Waals surface area contributed by atoms with E-state index in [1.165, 1.54) is 23.4 Å². The number of aryl methyl sites for hydroxylation is 1. The minimum Gasteiger partial charge on any atom is -0.399 e. The summed E-state index contributed by atoms with van der Waals surface area (Å²) in [5.74, 6) is 1.11. The van der Waals surface area contributed by atoms with Crippen LogP contribution in [0.4, 0.5) is 11.5 Å². The molecule has 0 fully saturated rings. The third-order valence-corrected chi connectivity index (χ3v) is 3.50. The molecule has 0 atom stereocenters. The molecule has 0 saturated carbocycles. The first-order chi connectivity index (χ1) is 9.13. The van der Waals surface area contributed by atoms with Crippen LogP contribution in [-0.4, -0.2) is 15.7 Å². The number of hydrogen-bond donors (Lipinski definition) is 3. The van der Waals surface area contributed by atoms with E-state index in [9.17, 15) is 4.79 Å². The topological polar surface area (TPSA) is 97.8 Å². The molecule has 1 aromatic carbocycles. The number of H-pyrrole nitrogens is 1. The van der Waals surface area contributed by atoms with Gasteiger partial charge in [-0.1, -0.05) is 23.9 Å². The van der Waals surface area contributed by atoms with Gasteiger partial charge in [-0.25, -0.2) is 4.98 Å². The van der Waals surface area contributed by atoms with Gasteiger partial charge in [0.15, 0.2) is 5.16 Å². The first-order valence-electron chi connectivity index (χ1n) is 5.97. The highest BCUT2D eigenvalue weighted by Crippen LogP contribution is 2.15. The zero-order valence-electron chi connectivity index (χ0n) is 10.4. The predicted molar refractivity (Wildman–Crippen MR) is 79.2 cm³/mol. The Morgan fingerprint density at radius 2 is 2.11 bits per heavy atom. The summed E-state index contributed by atoms with van der Waals surface area (Å²) in [4.78, 5) is 17.9. The van der Waals surface area contributed by atoms with Gasteiger partial charge in [0.1, 0.15) is 5.82 Å². The van der Waals surface area contributed by atoms with Gasteiger partial charge in [0.2, 0.25) is 0 Å². The van der Waals surface area contributed by atoms with E-state index < -0.39 is 0 Å². The van der Waals surface area contributed by atoms with Crippen molar-refractivity contribution >= 4 is 23.3 Å². The Labute approximate surface area is 115 Å². The zero-order chi connectivity index (χ0) is 13.7. The molecule has 1 aromatic heterocycles. The predicted octanol–water partition coefficient (Wildman–Crippen LogP) is 1.66. The Balaban J connectivity index is 1.82. The molecule has 0 saturated heterocycles. The number of nitrogens with one attached hydrogen (secondary N) is 1. The average Bonchev–Trinajstić information content (AvgIpc) is 2.34. The van der Waals surface area contributed by atoms with Gasteiger partial charge in [-0.15, -0.1) is 0 Å². The van der Waals surface area contributed by atoms with E-state index >= 15 is 0 Å². The summed E-state index contributed by atoms with van der Waals surface area (Å²) in [5, 5.41) is 0.567. The first-order valence-corrected chi connectivity index (χ1v) is 6.96. The number of aromatic nitrogens is 2. The Morgan fingerprint density at radius 1 is 1.26 bits per heavy atom. The van der Waals surface area contributed by atoms with Gasteiger partial charge in [-0.2, -0.15) is 0 Å². The van der Waals surface area contributed by atoms with E-state index in [4.69, 9.17) is 11.5 Å². The number of anilines is 2. The monoisotopic (exact) mass is 276 g/mol. The third-order valence-electron chi connectivity index (χ3n) is 2.54. The number of nitrogens with two attached hydrogens (primary N) is 2. The van der Waals surface area contributed by atoms with Crippen LogP contribution < -0.4 is 17.0 Å². The summed E-state index contributed by atoms with van der Waals surface area (Å²) in [6, 6.07) is 9.14. The van der Waals surface area contributed by atoms with Crippen LogP contribution in [0.2, 0.25) is 0 Å². The van der Waals surface area contributed by atoms with Crippen molar-refractivity contribution in [3.05, 3.63) is 46.2 Å². The molecule has 0 aliphatic heterocycles. The van der Waals surface area contributed by atoms with E-state index in [1.807, 2.05) is 18.2 Å². The normalized spacial score (nSPS) is 10.5. The molecule has 19 heavy (non-hydrogen) atoms. The molecule has 6 heteroatoms. The molecule has 1 heterocycles. The van der Waals surface area contributed by atoms with Gasteiger partial charge in [0, 0.05) is 17.5 Å². The highest BCUT2D eigenvalue weighted by Gasteiger charge is 2.00. The van der Waals surface area contributed by atoms with Crippen LogP contribution in [0, 0.1) is 0 Å². The summed E-state index contributed by atoms with van der Waals surface area (Å²) in [6.45, 7) is 0. The molecule has 2 aromatic rings. The minimum atomic E-state index is -0.217. The standard InChI is InChI=1S/C13H16N4OS/c14-10-5-1-3-9(7-10)4-2-6-19-13-16-11(15)8-12(18)17-13/h1,3,5,7-8H,2,4,6,14H2,(H3,15,16,17,18). The van der Waals surface area contributed by atoms with Crippen molar-refractivity contribution in [1.29, 1.82) is 0 Å². The Morgan fingerprint density at radius 3 is 2.84 bits per heavy atom. The molecule has 0 bridgehead atoms. The SMILES string of the molecule is Nc1cccc(CCCSc2nc(N)cc(=O)[nH]2)c1. The van der Waals surface area contributed by atoms with Crippen LogP contribution in [0.5, 0.6) is 0 Å². The fourth-order valence-corrected chi connectivity index (χ4v) is 2.54. The molecule has 0 unspecified atom stereocenters. The lowest BCUT2D eigenvalue weighted by Crippen LogP contribution is -2.09. The minimum absolute atomic E-state index is 0.217. The lowest BCUT2D eigenvalue weighted by atomic mass is 10.1. The summed E-state index contributed by atoms with van der Waals surface area (Å²) >= 11 is 1.49. The fourth-order valence-electron chi connectivity index (χ4n) is 1.72. The maximum Gasteiger partial charge on any atom is 0.253 e. The second kappa shape index (κ2) is 6.29. The second-order valence-electron chi connectivity index (χ2n) is 4.17. The van der Waals surface area contributed by atoms with E-state index in [1.54, 1.807) is 0 Å². The molecule has 0 radical (unpaired) electrons. The van der Waals surface area contributed by atoms with Crippen LogP contribution in [0.25, 0.3) is 0 Å². The smallest absolute Gasteiger partial charge is 0.253 e. The van der Waals surface area contributed by atoms with E-state index in [-0.39, 0.29) is 11.4 Å². The van der Waals surface area contributed by atoms with Crippen molar-refractivity contribution in [2.45, 2.75) is 18.0 Å². The van der Waals surface area contributed by atoms with Crippen molar-refractivity contribution in [2.24, 2.45) is 0 Å². The van der Waals surface area contributed by atoms with Crippen LogP contribution in [0.1, 0.15) is 12.0 Å². The molecule has 0 aliphatic carbocycles. The summed E-state index contributed by atoms with van der Waals surface area (Å²) in [7, 11) is 0. The van der Waals surface area contributed by atoms with Gasteiger partial charge in [0.25, 0.3) is 5.56 Å². The van der Waals surface area contributed by atoms with Gasteiger partial charge >= 0.3 is 0 Å². The molecule has 0 aliphatic rings. The molecule has 0 spiro atoms. The Hall–Kier alpha value is -1.95. The van der Waals surface area contributed by atoms with E-state index in [2.05, 4.69) is 16.0 Å². The van der Waals surface area contributed by atoms with Crippen LogP contribution in [0.15, 0.2) is 40.3 Å². The van der Waals surface area contributed by atoms with Crippen molar-refractivity contribution in [1.82, 2.24) is 9.97 Å². The number of rotatable bonds is 5. The summed E-state index contributed by atoms with van der Waals surface area (Å²) in [5.41, 5.74) is 13.0. The summed E-state index contributed by atoms with van der Waals surface area (Å²) in [6.07, 6.45) is 1.93. The Bertz CT molecular complexity index is 612. The van der Waals surface area contributed by atoms with Gasteiger partial charge in [-0.3, -0.25) is 4.79 Å². The number of aromatic amines is 1. The number of nitrogen functional groups attached to an aromatic ring is 2. The number of benzene rings is 1. The van der Waals surface area contributed by atoms with Crippen LogP contribution >= 0.6 is 11.8 Å². The highest BCUT2D eigenvalue weighted by molar-refractivity contribution is 7.99. The van der Waals surface area contributed by atoms with Crippen molar-refractivity contribution in [3.63, 3.8) is 0 Å². The quantitative estimate of drug-likeness (QED) is 0.334. The molecule has 0 amide bonds. The lowest BCUT2D eigenvalue weighted by Gasteiger charge is -2.03. The average molecular weight is 276 g/mol. The number of hydrogen-bond acceptors (Lipinski definition) is 5. The highest BCUT2D eigenvalue weighted by atomic mass is 32.2. The second-order valence-corrected chi connectivity index (χ2v) is 5.26. The van der Waals surface area contributed by atoms with Crippen molar-refractivity contribution < 1.29 is 0 Å². The first kappa shape index (κ1) is 13.5. The number of thioether (sulfide) groups is 1. The maximum atomic E-state index is 11.2. The van der Waals surface area contributed by atoms with Gasteiger partial charge in [0.05, 0.1) is 0 Å². The van der Waals surface area contributed by atoms with Crippen molar-refractivity contribution in [2.75, 3.05) is 17.2 Å². The third kappa shape index (κ3) is 4.33. The largest absolute Gasteiger partial charge is 0.399 e. The van der Waals surface area contributed by atoms with E-state index in [0.717, 1.165) is 24.3 Å². The van der Waals surface area contributed by atoms with Crippen LogP contribution in [-0.2, 0) is 6.42 Å². The van der Waals surface area contributed by atoms with E-state index in [0.29, 0.717) is 5.16 Å². The maximum absolute atomic E-state index is 11.2.